The predicted octanol–water partition coefficient (Wildman–Crippen LogP) is 4.99. The van der Waals surface area contributed by atoms with Crippen LogP contribution in [0.4, 0.5) is 0 Å². The van der Waals surface area contributed by atoms with Crippen molar-refractivity contribution in [2.24, 2.45) is 7.05 Å². The summed E-state index contributed by atoms with van der Waals surface area (Å²) in [6.45, 7) is 11.8. The molecule has 0 unspecified atom stereocenters. The lowest BCUT2D eigenvalue weighted by atomic mass is 9.67. The third-order valence-corrected chi connectivity index (χ3v) is 5.80. The quantitative estimate of drug-likeness (QED) is 0.700. The van der Waals surface area contributed by atoms with Gasteiger partial charge in [0, 0.05) is 10.8 Å². The van der Waals surface area contributed by atoms with Gasteiger partial charge in [0.25, 0.3) is 0 Å². The Bertz CT molecular complexity index is 717. The van der Waals surface area contributed by atoms with Crippen LogP contribution in [0.3, 0.4) is 0 Å². The van der Waals surface area contributed by atoms with Crippen molar-refractivity contribution >= 4 is 0 Å². The molecule has 2 nitrogen and oxygen atoms in total. The van der Waals surface area contributed by atoms with Crippen LogP contribution in [0, 0.1) is 0 Å². The van der Waals surface area contributed by atoms with E-state index in [0.29, 0.717) is 0 Å². The number of nitrogens with zero attached hydrogens (tertiary/aromatic N) is 2. The highest BCUT2D eigenvalue weighted by Gasteiger charge is 2.46. The number of unbranched alkanes of at least 4 members (excludes halogenated alkanes) is 1. The van der Waals surface area contributed by atoms with Crippen LogP contribution in [0.2, 0.25) is 0 Å². The molecule has 24 heavy (non-hydrogen) atoms. The van der Waals surface area contributed by atoms with Crippen LogP contribution in [0.5, 0.6) is 0 Å². The molecule has 0 radical (unpaired) electrons. The van der Waals surface area contributed by atoms with E-state index < -0.39 is 0 Å². The predicted molar refractivity (Wildman–Crippen MR) is 101 cm³/mol. The van der Waals surface area contributed by atoms with Crippen LogP contribution in [-0.2, 0) is 24.3 Å². The van der Waals surface area contributed by atoms with Crippen LogP contribution < -0.4 is 4.57 Å². The van der Waals surface area contributed by atoms with E-state index in [0.717, 1.165) is 0 Å². The molecule has 0 fully saturated rings. The molecule has 1 aliphatic carbocycles. The summed E-state index contributed by atoms with van der Waals surface area (Å²) in [6, 6.07) is 9.20. The van der Waals surface area contributed by atoms with E-state index in [1.54, 1.807) is 0 Å². The van der Waals surface area contributed by atoms with Crippen LogP contribution >= 0.6 is 0 Å². The lowest BCUT2D eigenvalue weighted by Crippen LogP contribution is -2.44. The molecule has 0 saturated carbocycles. The number of fused-ring (bicyclic) bond motifs is 1. The summed E-state index contributed by atoms with van der Waals surface area (Å²) in [6.07, 6.45) is 8.49. The third kappa shape index (κ3) is 2.92. The van der Waals surface area contributed by atoms with E-state index in [1.165, 1.54) is 54.7 Å². The molecular formula is C22H33N2+. The average molecular weight is 326 g/mol. The van der Waals surface area contributed by atoms with Crippen molar-refractivity contribution in [3.05, 3.63) is 47.5 Å². The summed E-state index contributed by atoms with van der Waals surface area (Å²) in [4.78, 5) is 0. The van der Waals surface area contributed by atoms with Crippen molar-refractivity contribution < 1.29 is 4.57 Å². The third-order valence-electron chi connectivity index (χ3n) is 5.80. The molecule has 2 aromatic rings. The first-order chi connectivity index (χ1) is 11.3. The van der Waals surface area contributed by atoms with Gasteiger partial charge >= 0.3 is 0 Å². The van der Waals surface area contributed by atoms with E-state index in [1.807, 2.05) is 0 Å². The highest BCUT2D eigenvalue weighted by atomic mass is 15.2. The molecule has 0 spiro atoms. The van der Waals surface area contributed by atoms with Crippen molar-refractivity contribution in [1.82, 2.24) is 4.57 Å². The van der Waals surface area contributed by atoms with E-state index in [9.17, 15) is 0 Å². The largest absolute Gasteiger partial charge is 0.249 e. The second-order valence-corrected chi connectivity index (χ2v) is 8.83. The molecule has 0 aliphatic heterocycles. The van der Waals surface area contributed by atoms with E-state index in [4.69, 9.17) is 0 Å². The monoisotopic (exact) mass is 325 g/mol. The van der Waals surface area contributed by atoms with Crippen LogP contribution in [0.25, 0.3) is 5.69 Å². The lowest BCUT2D eigenvalue weighted by Gasteiger charge is -2.36. The summed E-state index contributed by atoms with van der Waals surface area (Å²) in [5.74, 6) is 0. The molecule has 0 bridgehead atoms. The number of imidazole rings is 1. The van der Waals surface area contributed by atoms with Gasteiger partial charge in [-0.05, 0) is 43.4 Å². The molecule has 3 rings (SSSR count). The Morgan fingerprint density at radius 3 is 2.25 bits per heavy atom. The minimum absolute atomic E-state index is 0.215. The molecular weight excluding hydrogens is 292 g/mol. The molecule has 2 heteroatoms. The maximum Gasteiger partial charge on any atom is 0.249 e. The van der Waals surface area contributed by atoms with Gasteiger partial charge in [0.05, 0.1) is 7.05 Å². The second-order valence-electron chi connectivity index (χ2n) is 8.83. The first-order valence-corrected chi connectivity index (χ1v) is 9.47. The van der Waals surface area contributed by atoms with Crippen molar-refractivity contribution in [1.29, 1.82) is 0 Å². The van der Waals surface area contributed by atoms with Gasteiger partial charge in [0.1, 0.15) is 5.69 Å². The van der Waals surface area contributed by atoms with Gasteiger partial charge in [-0.2, -0.15) is 4.57 Å². The van der Waals surface area contributed by atoms with Gasteiger partial charge in [-0.25, -0.2) is 4.57 Å². The van der Waals surface area contributed by atoms with E-state index in [-0.39, 0.29) is 10.8 Å². The maximum absolute atomic E-state index is 2.43. The van der Waals surface area contributed by atoms with Crippen LogP contribution in [0.1, 0.15) is 77.3 Å². The fraction of sp³-hybridized carbons (Fsp3) is 0.591. The Kier molecular flexibility index (Phi) is 4.36. The zero-order valence-electron chi connectivity index (χ0n) is 16.3. The highest BCUT2D eigenvalue weighted by Crippen LogP contribution is 2.45. The van der Waals surface area contributed by atoms with Crippen molar-refractivity contribution in [3.8, 4) is 5.69 Å². The number of hydrogen-bond acceptors (Lipinski definition) is 0. The van der Waals surface area contributed by atoms with Gasteiger partial charge in [-0.15, -0.1) is 0 Å². The first kappa shape index (κ1) is 17.3. The highest BCUT2D eigenvalue weighted by molar-refractivity contribution is 5.41. The SMILES string of the molecule is CCCCc1ccc(-n2c[n+](C)c3c2C(C)(C)CCC3(C)C)cc1. The Morgan fingerprint density at radius 2 is 1.62 bits per heavy atom. The van der Waals surface area contributed by atoms with Gasteiger partial charge in [0.15, 0.2) is 11.4 Å². The normalized spacial score (nSPS) is 18.4. The fourth-order valence-electron chi connectivity index (χ4n) is 4.28. The van der Waals surface area contributed by atoms with Crippen LogP contribution in [0.15, 0.2) is 30.6 Å². The summed E-state index contributed by atoms with van der Waals surface area (Å²) in [5.41, 5.74) is 6.18. The minimum Gasteiger partial charge on any atom is -0.236 e. The summed E-state index contributed by atoms with van der Waals surface area (Å²) in [5, 5.41) is 0. The van der Waals surface area contributed by atoms with Crippen molar-refractivity contribution in [3.63, 3.8) is 0 Å². The number of benzene rings is 1. The summed E-state index contributed by atoms with van der Waals surface area (Å²) in [7, 11) is 2.20. The summed E-state index contributed by atoms with van der Waals surface area (Å²) < 4.78 is 4.78. The standard InChI is InChI=1S/C22H33N2/c1-7-8-9-17-10-12-18(13-11-17)24-16-23(6)19-20(24)22(4,5)15-14-21(19,2)3/h10-13,16H,7-9,14-15H2,1-6H3/q+1. The minimum atomic E-state index is 0.215. The molecule has 1 aromatic heterocycles. The van der Waals surface area contributed by atoms with Crippen molar-refractivity contribution in [2.45, 2.75) is 77.6 Å². The van der Waals surface area contributed by atoms with E-state index >= 15 is 0 Å². The molecule has 1 aromatic carbocycles. The fourth-order valence-corrected chi connectivity index (χ4v) is 4.28. The Labute approximate surface area is 147 Å². The molecule has 0 atom stereocenters. The van der Waals surface area contributed by atoms with Crippen molar-refractivity contribution in [2.75, 3.05) is 0 Å². The maximum atomic E-state index is 2.43. The Hall–Kier alpha value is -1.57. The molecule has 1 heterocycles. The number of rotatable bonds is 4. The zero-order chi connectivity index (χ0) is 17.5. The molecule has 1 aliphatic rings. The Morgan fingerprint density at radius 1 is 1.00 bits per heavy atom. The van der Waals surface area contributed by atoms with Gasteiger partial charge in [-0.3, -0.25) is 0 Å². The first-order valence-electron chi connectivity index (χ1n) is 9.47. The lowest BCUT2D eigenvalue weighted by molar-refractivity contribution is -0.682. The van der Waals surface area contributed by atoms with E-state index in [2.05, 4.69) is 81.4 Å². The van der Waals surface area contributed by atoms with Crippen LogP contribution in [-0.4, -0.2) is 4.57 Å². The molecule has 130 valence electrons. The van der Waals surface area contributed by atoms with Gasteiger partial charge < -0.3 is 0 Å². The summed E-state index contributed by atoms with van der Waals surface area (Å²) >= 11 is 0. The molecule has 0 N–H and O–H groups in total. The Balaban J connectivity index is 2.07. The number of aromatic nitrogens is 2. The average Bonchev–Trinajstić information content (AvgIpc) is 2.90. The molecule has 0 amide bonds. The zero-order valence-corrected chi connectivity index (χ0v) is 16.3. The topological polar surface area (TPSA) is 8.81 Å². The van der Waals surface area contributed by atoms with Gasteiger partial charge in [-0.1, -0.05) is 53.2 Å². The smallest absolute Gasteiger partial charge is 0.236 e. The van der Waals surface area contributed by atoms with Gasteiger partial charge in [0.2, 0.25) is 6.33 Å². The number of aryl methyl sites for hydroxylation is 2. The number of hydrogen-bond donors (Lipinski definition) is 0. The molecule has 0 saturated heterocycles. The second kappa shape index (κ2) is 6.06.